The number of benzene rings is 1. The van der Waals surface area contributed by atoms with Gasteiger partial charge in [-0.05, 0) is 37.2 Å². The first-order valence-corrected chi connectivity index (χ1v) is 10.9. The van der Waals surface area contributed by atoms with Crippen molar-refractivity contribution >= 4 is 23.7 Å². The lowest BCUT2D eigenvalue weighted by Gasteiger charge is -2.26. The number of nitrogens with one attached hydrogen (secondary N) is 3. The second-order valence-corrected chi connectivity index (χ2v) is 8.79. The van der Waals surface area contributed by atoms with Crippen LogP contribution >= 0.6 is 0 Å². The van der Waals surface area contributed by atoms with Gasteiger partial charge in [0, 0.05) is 0 Å². The van der Waals surface area contributed by atoms with Crippen LogP contribution in [-0.2, 0) is 25.6 Å². The zero-order valence-corrected chi connectivity index (χ0v) is 19.4. The number of carbonyl (C=O) groups excluding carboxylic acids is 3. The van der Waals surface area contributed by atoms with Crippen molar-refractivity contribution in [1.29, 1.82) is 0 Å². The molecule has 1 aromatic carbocycles. The van der Waals surface area contributed by atoms with E-state index >= 15 is 0 Å². The lowest BCUT2D eigenvalue weighted by Crippen LogP contribution is -2.58. The zero-order chi connectivity index (χ0) is 24.4. The fourth-order valence-corrected chi connectivity index (χ4v) is 3.11. The Hall–Kier alpha value is -2.94. The van der Waals surface area contributed by atoms with Gasteiger partial charge in [-0.2, -0.15) is 0 Å². The molecule has 0 bridgehead atoms. The van der Waals surface area contributed by atoms with Gasteiger partial charge < -0.3 is 26.8 Å². The van der Waals surface area contributed by atoms with E-state index in [1.165, 1.54) is 6.92 Å². The highest BCUT2D eigenvalue weighted by molar-refractivity contribution is 5.94. The average molecular weight is 449 g/mol. The smallest absolute Gasteiger partial charge is 0.326 e. The third kappa shape index (κ3) is 9.05. The van der Waals surface area contributed by atoms with E-state index in [9.17, 15) is 24.3 Å². The number of nitrogens with two attached hydrogens (primary N) is 1. The van der Waals surface area contributed by atoms with E-state index in [0.29, 0.717) is 6.42 Å². The van der Waals surface area contributed by atoms with Crippen molar-refractivity contribution in [3.63, 3.8) is 0 Å². The summed E-state index contributed by atoms with van der Waals surface area (Å²) in [4.78, 5) is 49.1. The second kappa shape index (κ2) is 12.8. The number of aliphatic carboxylic acids is 1. The van der Waals surface area contributed by atoms with Crippen LogP contribution in [0.4, 0.5) is 0 Å². The third-order valence-corrected chi connectivity index (χ3v) is 4.96. The van der Waals surface area contributed by atoms with Gasteiger partial charge in [-0.15, -0.1) is 0 Å². The molecule has 9 nitrogen and oxygen atoms in total. The molecule has 4 unspecified atom stereocenters. The monoisotopic (exact) mass is 448 g/mol. The molecule has 0 saturated heterocycles. The van der Waals surface area contributed by atoms with Crippen LogP contribution < -0.4 is 21.7 Å². The summed E-state index contributed by atoms with van der Waals surface area (Å²) in [7, 11) is 0. The Balaban J connectivity index is 2.71. The van der Waals surface area contributed by atoms with Crippen molar-refractivity contribution in [2.75, 3.05) is 0 Å². The number of rotatable bonds is 12. The maximum atomic E-state index is 12.8. The quantitative estimate of drug-likeness (QED) is 0.319. The van der Waals surface area contributed by atoms with Gasteiger partial charge in [0.15, 0.2) is 0 Å². The first-order valence-electron chi connectivity index (χ1n) is 10.9. The summed E-state index contributed by atoms with van der Waals surface area (Å²) in [5.41, 5.74) is 6.91. The van der Waals surface area contributed by atoms with Crippen LogP contribution in [-0.4, -0.2) is 53.0 Å². The number of carboxylic acid groups (broad SMARTS) is 1. The van der Waals surface area contributed by atoms with E-state index in [1.54, 1.807) is 13.8 Å². The van der Waals surface area contributed by atoms with Crippen molar-refractivity contribution in [1.82, 2.24) is 16.0 Å². The minimum Gasteiger partial charge on any atom is -0.480 e. The molecule has 0 aliphatic carbocycles. The van der Waals surface area contributed by atoms with E-state index in [4.69, 9.17) is 5.73 Å². The van der Waals surface area contributed by atoms with Crippen LogP contribution in [0.25, 0.3) is 0 Å². The van der Waals surface area contributed by atoms with Crippen LogP contribution in [0.3, 0.4) is 0 Å². The highest BCUT2D eigenvalue weighted by Gasteiger charge is 2.30. The summed E-state index contributed by atoms with van der Waals surface area (Å²) in [6, 6.07) is 5.55. The molecule has 0 aliphatic rings. The lowest BCUT2D eigenvalue weighted by atomic mass is 10.0. The molecule has 0 heterocycles. The standard InChI is InChI=1S/C23H36N4O5/c1-13(2)11-18(23(31)32)26-20(28)15(5)25-22(30)19(14(3)4)27-21(29)17(24)12-16-9-7-6-8-10-16/h6-10,13-15,17-19H,11-12,24H2,1-5H3,(H,25,30)(H,26,28)(H,27,29)(H,31,32). The molecule has 0 radical (unpaired) electrons. The molecular formula is C23H36N4O5. The molecule has 1 rings (SSSR count). The lowest BCUT2D eigenvalue weighted by molar-refractivity contribution is -0.142. The normalized spacial score (nSPS) is 14.9. The Morgan fingerprint density at radius 3 is 1.97 bits per heavy atom. The summed E-state index contributed by atoms with van der Waals surface area (Å²) >= 11 is 0. The van der Waals surface area contributed by atoms with Crippen molar-refractivity contribution in [2.45, 2.75) is 71.6 Å². The highest BCUT2D eigenvalue weighted by atomic mass is 16.4. The van der Waals surface area contributed by atoms with Crippen molar-refractivity contribution in [3.8, 4) is 0 Å². The van der Waals surface area contributed by atoms with E-state index in [-0.39, 0.29) is 18.3 Å². The van der Waals surface area contributed by atoms with E-state index < -0.39 is 47.9 Å². The first kappa shape index (κ1) is 27.1. The summed E-state index contributed by atoms with van der Waals surface area (Å²) in [5, 5.41) is 17.0. The Morgan fingerprint density at radius 1 is 0.875 bits per heavy atom. The number of amides is 3. The molecule has 0 saturated carbocycles. The number of carboxylic acids is 1. The number of hydrogen-bond acceptors (Lipinski definition) is 5. The van der Waals surface area contributed by atoms with Crippen LogP contribution in [0.2, 0.25) is 0 Å². The van der Waals surface area contributed by atoms with E-state index in [2.05, 4.69) is 16.0 Å². The Kier molecular flexibility index (Phi) is 10.8. The molecule has 6 N–H and O–H groups in total. The van der Waals surface area contributed by atoms with Gasteiger partial charge in [0.2, 0.25) is 17.7 Å². The van der Waals surface area contributed by atoms with Crippen molar-refractivity contribution in [2.24, 2.45) is 17.6 Å². The Morgan fingerprint density at radius 2 is 1.47 bits per heavy atom. The van der Waals surface area contributed by atoms with Crippen molar-refractivity contribution in [3.05, 3.63) is 35.9 Å². The van der Waals surface area contributed by atoms with Crippen LogP contribution in [0.15, 0.2) is 30.3 Å². The molecular weight excluding hydrogens is 412 g/mol. The van der Waals surface area contributed by atoms with Crippen molar-refractivity contribution < 1.29 is 24.3 Å². The molecule has 1 aromatic rings. The maximum absolute atomic E-state index is 12.8. The average Bonchev–Trinajstić information content (AvgIpc) is 2.70. The van der Waals surface area contributed by atoms with Gasteiger partial charge >= 0.3 is 5.97 Å². The zero-order valence-electron chi connectivity index (χ0n) is 19.4. The minimum absolute atomic E-state index is 0.0712. The summed E-state index contributed by atoms with van der Waals surface area (Å²) in [5.74, 6) is -2.94. The molecule has 4 atom stereocenters. The van der Waals surface area contributed by atoms with Gasteiger partial charge in [0.25, 0.3) is 0 Å². The van der Waals surface area contributed by atoms with Crippen LogP contribution in [0, 0.1) is 11.8 Å². The molecule has 3 amide bonds. The summed E-state index contributed by atoms with van der Waals surface area (Å²) in [6.45, 7) is 8.70. The molecule has 0 fully saturated rings. The minimum atomic E-state index is -1.13. The Labute approximate surface area is 189 Å². The van der Waals surface area contributed by atoms with Gasteiger partial charge in [0.1, 0.15) is 18.1 Å². The predicted octanol–water partition coefficient (Wildman–Crippen LogP) is 0.817. The number of hydrogen-bond donors (Lipinski definition) is 5. The van der Waals surface area contributed by atoms with Crippen LogP contribution in [0.5, 0.6) is 0 Å². The largest absolute Gasteiger partial charge is 0.480 e. The first-order chi connectivity index (χ1) is 14.9. The van der Waals surface area contributed by atoms with Crippen LogP contribution in [0.1, 0.15) is 46.6 Å². The third-order valence-electron chi connectivity index (χ3n) is 4.96. The summed E-state index contributed by atoms with van der Waals surface area (Å²) in [6.07, 6.45) is 0.593. The maximum Gasteiger partial charge on any atom is 0.326 e. The second-order valence-electron chi connectivity index (χ2n) is 8.79. The summed E-state index contributed by atoms with van der Waals surface area (Å²) < 4.78 is 0. The van der Waals surface area contributed by atoms with Gasteiger partial charge in [-0.3, -0.25) is 14.4 Å². The molecule has 0 aliphatic heterocycles. The molecule has 178 valence electrons. The highest BCUT2D eigenvalue weighted by Crippen LogP contribution is 2.07. The molecule has 32 heavy (non-hydrogen) atoms. The Bertz CT molecular complexity index is 782. The van der Waals surface area contributed by atoms with E-state index in [1.807, 2.05) is 44.2 Å². The fourth-order valence-electron chi connectivity index (χ4n) is 3.11. The fraction of sp³-hybridized carbons (Fsp3) is 0.565. The van der Waals surface area contributed by atoms with E-state index in [0.717, 1.165) is 5.56 Å². The number of carbonyl (C=O) groups is 4. The molecule has 9 heteroatoms. The predicted molar refractivity (Wildman–Crippen MR) is 122 cm³/mol. The molecule has 0 spiro atoms. The molecule has 0 aromatic heterocycles. The van der Waals surface area contributed by atoms with Gasteiger partial charge in [-0.25, -0.2) is 4.79 Å². The SMILES string of the molecule is CC(C)CC(NC(=O)C(C)NC(=O)C(NC(=O)C(N)Cc1ccccc1)C(C)C)C(=O)O. The topological polar surface area (TPSA) is 151 Å². The van der Waals surface area contributed by atoms with Gasteiger partial charge in [0.05, 0.1) is 6.04 Å². The van der Waals surface area contributed by atoms with Gasteiger partial charge in [-0.1, -0.05) is 58.0 Å².